The molecular weight excluding hydrogens is 198 g/mol. The van der Waals surface area contributed by atoms with Crippen LogP contribution >= 0.6 is 11.6 Å². The van der Waals surface area contributed by atoms with Crippen molar-refractivity contribution in [1.82, 2.24) is 5.32 Å². The minimum Gasteiger partial charge on any atom is -0.354 e. The van der Waals surface area contributed by atoms with Crippen LogP contribution in [0.15, 0.2) is 0 Å². The van der Waals surface area contributed by atoms with Gasteiger partial charge in [0.2, 0.25) is 5.91 Å². The molecule has 0 aromatic rings. The van der Waals surface area contributed by atoms with E-state index >= 15 is 0 Å². The lowest BCUT2D eigenvalue weighted by molar-refractivity contribution is -0.125. The maximum absolute atomic E-state index is 11.5. The van der Waals surface area contributed by atoms with Crippen molar-refractivity contribution in [2.45, 2.75) is 40.0 Å². The van der Waals surface area contributed by atoms with Crippen molar-refractivity contribution in [3.8, 4) is 0 Å². The Morgan fingerprint density at radius 1 is 1.14 bits per heavy atom. The summed E-state index contributed by atoms with van der Waals surface area (Å²) in [5.74, 6) is 0.937. The summed E-state index contributed by atoms with van der Waals surface area (Å²) in [4.78, 5) is 11.5. The molecule has 0 rings (SSSR count). The van der Waals surface area contributed by atoms with E-state index in [1.54, 1.807) is 0 Å². The monoisotopic (exact) mass is 219 g/mol. The minimum absolute atomic E-state index is 0.0262. The molecule has 0 aliphatic heterocycles. The maximum Gasteiger partial charge on any atom is 0.223 e. The van der Waals surface area contributed by atoms with Gasteiger partial charge in [-0.1, -0.05) is 34.6 Å². The summed E-state index contributed by atoms with van der Waals surface area (Å²) >= 11 is 6.03. The second-order valence-corrected chi connectivity index (χ2v) is 5.10. The van der Waals surface area contributed by atoms with Gasteiger partial charge in [0, 0.05) is 12.5 Å². The van der Waals surface area contributed by atoms with Crippen LogP contribution < -0.4 is 5.32 Å². The lowest BCUT2D eigenvalue weighted by Crippen LogP contribution is -2.36. The molecule has 84 valence electrons. The number of rotatable bonds is 5. The van der Waals surface area contributed by atoms with Crippen molar-refractivity contribution in [1.29, 1.82) is 0 Å². The molecule has 2 atom stereocenters. The first-order valence-electron chi connectivity index (χ1n) is 5.28. The number of hydrogen-bond acceptors (Lipinski definition) is 1. The van der Waals surface area contributed by atoms with Gasteiger partial charge in [-0.3, -0.25) is 4.79 Å². The van der Waals surface area contributed by atoms with Gasteiger partial charge in [-0.25, -0.2) is 0 Å². The van der Waals surface area contributed by atoms with Crippen LogP contribution in [0.5, 0.6) is 0 Å². The van der Waals surface area contributed by atoms with E-state index in [2.05, 4.69) is 19.2 Å². The molecule has 1 amide bonds. The maximum atomic E-state index is 11.5. The van der Waals surface area contributed by atoms with Gasteiger partial charge in [0.15, 0.2) is 0 Å². The zero-order chi connectivity index (χ0) is 11.3. The Bertz CT molecular complexity index is 180. The Labute approximate surface area is 92.4 Å². The van der Waals surface area contributed by atoms with Gasteiger partial charge < -0.3 is 5.32 Å². The van der Waals surface area contributed by atoms with Crippen molar-refractivity contribution in [3.05, 3.63) is 0 Å². The number of halogens is 1. The van der Waals surface area contributed by atoms with Crippen LogP contribution in [0.4, 0.5) is 0 Å². The molecule has 0 radical (unpaired) electrons. The van der Waals surface area contributed by atoms with Gasteiger partial charge in [0.05, 0.1) is 5.38 Å². The molecule has 0 spiro atoms. The lowest BCUT2D eigenvalue weighted by atomic mass is 9.97. The number of amides is 1. The summed E-state index contributed by atoms with van der Waals surface area (Å²) in [6.07, 6.45) is 0. The van der Waals surface area contributed by atoms with Crippen LogP contribution in [0.3, 0.4) is 0 Å². The molecule has 0 bridgehead atoms. The topological polar surface area (TPSA) is 29.1 Å². The van der Waals surface area contributed by atoms with Gasteiger partial charge in [0.1, 0.15) is 0 Å². The highest BCUT2D eigenvalue weighted by Gasteiger charge is 2.18. The quantitative estimate of drug-likeness (QED) is 0.708. The van der Waals surface area contributed by atoms with Crippen molar-refractivity contribution in [2.24, 2.45) is 17.8 Å². The first-order valence-corrected chi connectivity index (χ1v) is 5.71. The highest BCUT2D eigenvalue weighted by molar-refractivity contribution is 6.21. The summed E-state index contributed by atoms with van der Waals surface area (Å²) in [5.41, 5.74) is 0. The normalized spacial score (nSPS) is 15.7. The van der Waals surface area contributed by atoms with Crippen LogP contribution in [-0.2, 0) is 4.79 Å². The fraction of sp³-hybridized carbons (Fsp3) is 0.909. The Kier molecular flexibility index (Phi) is 6.17. The molecular formula is C11H22ClNO. The Balaban J connectivity index is 3.85. The van der Waals surface area contributed by atoms with E-state index < -0.39 is 0 Å². The second-order valence-electron chi connectivity index (χ2n) is 4.54. The van der Waals surface area contributed by atoms with Gasteiger partial charge in [-0.05, 0) is 11.8 Å². The van der Waals surface area contributed by atoms with Crippen molar-refractivity contribution in [3.63, 3.8) is 0 Å². The van der Waals surface area contributed by atoms with Crippen LogP contribution in [-0.4, -0.2) is 17.8 Å². The van der Waals surface area contributed by atoms with E-state index in [0.29, 0.717) is 18.4 Å². The van der Waals surface area contributed by atoms with Crippen LogP contribution in [0.2, 0.25) is 0 Å². The summed E-state index contributed by atoms with van der Waals surface area (Å²) < 4.78 is 0. The lowest BCUT2D eigenvalue weighted by Gasteiger charge is -2.18. The van der Waals surface area contributed by atoms with Gasteiger partial charge in [-0.2, -0.15) is 0 Å². The third-order valence-corrected chi connectivity index (χ3v) is 3.27. The third-order valence-electron chi connectivity index (χ3n) is 2.61. The summed E-state index contributed by atoms with van der Waals surface area (Å²) in [7, 11) is 0. The second kappa shape index (κ2) is 6.28. The Morgan fingerprint density at radius 3 is 2.00 bits per heavy atom. The van der Waals surface area contributed by atoms with Crippen molar-refractivity contribution >= 4 is 17.5 Å². The molecule has 0 saturated carbocycles. The number of carbonyl (C=O) groups is 1. The van der Waals surface area contributed by atoms with E-state index in [-0.39, 0.29) is 17.2 Å². The van der Waals surface area contributed by atoms with Crippen LogP contribution in [0.25, 0.3) is 0 Å². The van der Waals surface area contributed by atoms with E-state index in [9.17, 15) is 4.79 Å². The molecule has 2 nitrogen and oxygen atoms in total. The van der Waals surface area contributed by atoms with E-state index in [1.165, 1.54) is 0 Å². The smallest absolute Gasteiger partial charge is 0.223 e. The van der Waals surface area contributed by atoms with Crippen molar-refractivity contribution in [2.75, 3.05) is 6.54 Å². The van der Waals surface area contributed by atoms with Crippen LogP contribution in [0.1, 0.15) is 34.6 Å². The molecule has 0 aliphatic rings. The zero-order valence-electron chi connectivity index (χ0n) is 9.80. The average molecular weight is 220 g/mol. The fourth-order valence-electron chi connectivity index (χ4n) is 0.898. The van der Waals surface area contributed by atoms with E-state index in [1.807, 2.05) is 20.8 Å². The first-order chi connectivity index (χ1) is 6.36. The molecule has 0 aromatic heterocycles. The largest absolute Gasteiger partial charge is 0.354 e. The predicted molar refractivity (Wildman–Crippen MR) is 61.5 cm³/mol. The fourth-order valence-corrected chi connectivity index (χ4v) is 0.975. The van der Waals surface area contributed by atoms with Gasteiger partial charge in [-0.15, -0.1) is 11.6 Å². The van der Waals surface area contributed by atoms with Crippen molar-refractivity contribution < 1.29 is 4.79 Å². The summed E-state index contributed by atoms with van der Waals surface area (Å²) in [6.45, 7) is 10.7. The summed E-state index contributed by atoms with van der Waals surface area (Å²) in [6, 6.07) is 0. The van der Waals surface area contributed by atoms with E-state index in [0.717, 1.165) is 0 Å². The van der Waals surface area contributed by atoms with Gasteiger partial charge >= 0.3 is 0 Å². The molecule has 0 aromatic carbocycles. The molecule has 0 fully saturated rings. The molecule has 14 heavy (non-hydrogen) atoms. The Hall–Kier alpha value is -0.240. The van der Waals surface area contributed by atoms with Gasteiger partial charge in [0.25, 0.3) is 0 Å². The van der Waals surface area contributed by atoms with E-state index in [4.69, 9.17) is 11.6 Å². The number of carbonyl (C=O) groups excluding carboxylic acids is 1. The number of hydrogen-bond donors (Lipinski definition) is 1. The zero-order valence-corrected chi connectivity index (χ0v) is 10.6. The van der Waals surface area contributed by atoms with Crippen LogP contribution in [0, 0.1) is 17.8 Å². The predicted octanol–water partition coefficient (Wildman–Crippen LogP) is 2.66. The highest BCUT2D eigenvalue weighted by Crippen LogP contribution is 2.11. The molecule has 1 N–H and O–H groups in total. The molecule has 0 saturated heterocycles. The summed E-state index contributed by atoms with van der Waals surface area (Å²) in [5, 5.41) is 2.90. The molecule has 0 heterocycles. The number of nitrogens with one attached hydrogen (secondary N) is 1. The molecule has 2 unspecified atom stereocenters. The first kappa shape index (κ1) is 13.8. The average Bonchev–Trinajstić information content (AvgIpc) is 2.11. The molecule has 0 aliphatic carbocycles. The Morgan fingerprint density at radius 2 is 1.64 bits per heavy atom. The molecule has 3 heteroatoms. The third kappa shape index (κ3) is 4.85. The number of alkyl halides is 1. The minimum atomic E-state index is 0.0262. The highest BCUT2D eigenvalue weighted by atomic mass is 35.5. The SMILES string of the molecule is CC(C)C(Cl)CNC(=O)C(C)C(C)C. The standard InChI is InChI=1S/C11H22ClNO/c1-7(2)9(5)11(14)13-6-10(12)8(3)4/h7-10H,6H2,1-5H3,(H,13,14).